The van der Waals surface area contributed by atoms with Crippen molar-refractivity contribution in [1.29, 1.82) is 0 Å². The van der Waals surface area contributed by atoms with E-state index in [0.29, 0.717) is 0 Å². The van der Waals surface area contributed by atoms with E-state index in [1.165, 1.54) is 6.07 Å². The second-order valence-corrected chi connectivity index (χ2v) is 5.45. The summed E-state index contributed by atoms with van der Waals surface area (Å²) in [4.78, 5) is 23.2. The Balaban J connectivity index is 2.35. The predicted octanol–water partition coefficient (Wildman–Crippen LogP) is 0.916. The first-order valence-corrected chi connectivity index (χ1v) is 6.52. The van der Waals surface area contributed by atoms with Gasteiger partial charge in [0.2, 0.25) is 0 Å². The van der Waals surface area contributed by atoms with Gasteiger partial charge in [0, 0.05) is 5.56 Å². The van der Waals surface area contributed by atoms with Crippen LogP contribution in [-0.4, -0.2) is 27.6 Å². The second-order valence-electron chi connectivity index (χ2n) is 3.78. The monoisotopic (exact) mass is 314 g/mol. The van der Waals surface area contributed by atoms with E-state index in [4.69, 9.17) is 12.2 Å². The Morgan fingerprint density at radius 1 is 1.40 bits per heavy atom. The van der Waals surface area contributed by atoms with Gasteiger partial charge in [0.05, 0.1) is 17.4 Å². The summed E-state index contributed by atoms with van der Waals surface area (Å²) in [6.07, 6.45) is 1.01. The van der Waals surface area contributed by atoms with Gasteiger partial charge in [0.25, 0.3) is 5.91 Å². The molecular formula is C12H6F2NO3S2-. The average molecular weight is 314 g/mol. The second kappa shape index (κ2) is 5.68. The van der Waals surface area contributed by atoms with Crippen molar-refractivity contribution in [3.63, 3.8) is 0 Å². The van der Waals surface area contributed by atoms with Crippen LogP contribution in [0.25, 0.3) is 6.08 Å². The van der Waals surface area contributed by atoms with Crippen molar-refractivity contribution in [2.75, 3.05) is 6.54 Å². The van der Waals surface area contributed by atoms with Crippen LogP contribution in [0.1, 0.15) is 5.56 Å². The number of thiocarbonyl (C=S) groups is 1. The number of nitrogens with zero attached hydrogens (tertiary/aromatic N) is 1. The molecule has 0 atom stereocenters. The molecule has 1 aliphatic rings. The number of thioether (sulfide) groups is 1. The van der Waals surface area contributed by atoms with Crippen molar-refractivity contribution in [3.8, 4) is 0 Å². The van der Waals surface area contributed by atoms with Crippen molar-refractivity contribution < 1.29 is 23.5 Å². The molecule has 20 heavy (non-hydrogen) atoms. The summed E-state index contributed by atoms with van der Waals surface area (Å²) in [5.41, 5.74) is -0.374. The smallest absolute Gasteiger partial charge is 0.266 e. The quantitative estimate of drug-likeness (QED) is 0.613. The van der Waals surface area contributed by atoms with Gasteiger partial charge < -0.3 is 9.90 Å². The number of carboxylic acid groups (broad SMARTS) is 1. The van der Waals surface area contributed by atoms with Crippen LogP contribution in [0.15, 0.2) is 23.1 Å². The molecule has 1 fully saturated rings. The number of hydrogen-bond acceptors (Lipinski definition) is 5. The molecule has 1 aromatic carbocycles. The Hall–Kier alpha value is -1.80. The van der Waals surface area contributed by atoms with Gasteiger partial charge in [0.15, 0.2) is 0 Å². The number of carboxylic acids is 1. The maximum atomic E-state index is 13.5. The molecule has 2 rings (SSSR count). The summed E-state index contributed by atoms with van der Waals surface area (Å²) < 4.78 is 27.0. The molecule has 1 saturated heterocycles. The van der Waals surface area contributed by atoms with Crippen LogP contribution in [0.3, 0.4) is 0 Å². The molecule has 1 aromatic rings. The van der Waals surface area contributed by atoms with E-state index >= 15 is 0 Å². The average Bonchev–Trinajstić information content (AvgIpc) is 2.61. The van der Waals surface area contributed by atoms with Gasteiger partial charge in [-0.15, -0.1) is 0 Å². The Morgan fingerprint density at radius 3 is 2.55 bits per heavy atom. The third kappa shape index (κ3) is 2.86. The maximum Gasteiger partial charge on any atom is 0.266 e. The highest BCUT2D eigenvalue weighted by atomic mass is 32.2. The highest BCUT2D eigenvalue weighted by Gasteiger charge is 2.32. The highest BCUT2D eigenvalue weighted by Crippen LogP contribution is 2.33. The molecule has 1 aliphatic heterocycles. The fourth-order valence-electron chi connectivity index (χ4n) is 1.55. The first kappa shape index (κ1) is 14.6. The molecule has 0 spiro atoms. The fourth-order valence-corrected chi connectivity index (χ4v) is 2.78. The number of carbonyl (C=O) groups excluding carboxylic acids is 2. The maximum absolute atomic E-state index is 13.5. The Bertz CT molecular complexity index is 625. The molecule has 0 radical (unpaired) electrons. The lowest BCUT2D eigenvalue weighted by Crippen LogP contribution is -2.40. The fraction of sp³-hybridized carbons (Fsp3) is 0.0833. The van der Waals surface area contributed by atoms with Crippen LogP contribution in [0.2, 0.25) is 0 Å². The molecule has 1 heterocycles. The molecule has 4 nitrogen and oxygen atoms in total. The van der Waals surface area contributed by atoms with Crippen LogP contribution in [0, 0.1) is 11.6 Å². The van der Waals surface area contributed by atoms with Gasteiger partial charge >= 0.3 is 0 Å². The number of halogens is 2. The van der Waals surface area contributed by atoms with E-state index in [9.17, 15) is 23.5 Å². The lowest BCUT2D eigenvalue weighted by atomic mass is 10.2. The van der Waals surface area contributed by atoms with Crippen LogP contribution in [0.4, 0.5) is 8.78 Å². The molecule has 0 unspecified atom stereocenters. The number of carbonyl (C=O) groups is 2. The van der Waals surface area contributed by atoms with Crippen molar-refractivity contribution in [2.45, 2.75) is 0 Å². The topological polar surface area (TPSA) is 60.4 Å². The molecule has 0 aromatic heterocycles. The third-order valence-electron chi connectivity index (χ3n) is 2.44. The molecule has 1 amide bonds. The number of hydrogen-bond donors (Lipinski definition) is 0. The van der Waals surface area contributed by atoms with Crippen LogP contribution >= 0.6 is 24.0 Å². The third-order valence-corrected chi connectivity index (χ3v) is 3.81. The summed E-state index contributed by atoms with van der Waals surface area (Å²) in [5.74, 6) is -3.84. The molecule has 0 saturated carbocycles. The lowest BCUT2D eigenvalue weighted by Gasteiger charge is -2.14. The van der Waals surface area contributed by atoms with Crippen molar-refractivity contribution >= 4 is 46.3 Å². The Morgan fingerprint density at radius 2 is 2.00 bits per heavy atom. The molecule has 0 bridgehead atoms. The lowest BCUT2D eigenvalue weighted by molar-refractivity contribution is -0.305. The number of benzene rings is 1. The van der Waals surface area contributed by atoms with Gasteiger partial charge in [-0.2, -0.15) is 0 Å². The van der Waals surface area contributed by atoms with Crippen molar-refractivity contribution in [2.24, 2.45) is 0 Å². The number of rotatable bonds is 3. The first-order valence-electron chi connectivity index (χ1n) is 5.29. The molecule has 8 heteroatoms. The number of amides is 1. The minimum Gasteiger partial charge on any atom is -0.548 e. The summed E-state index contributed by atoms with van der Waals surface area (Å²) in [6.45, 7) is -0.693. The van der Waals surface area contributed by atoms with E-state index < -0.39 is 30.1 Å². The molecule has 0 N–H and O–H groups in total. The van der Waals surface area contributed by atoms with E-state index in [1.54, 1.807) is 0 Å². The normalized spacial score (nSPS) is 17.1. The highest BCUT2D eigenvalue weighted by molar-refractivity contribution is 8.26. The Kier molecular flexibility index (Phi) is 4.15. The summed E-state index contributed by atoms with van der Waals surface area (Å²) >= 11 is 5.62. The minimum atomic E-state index is -1.47. The van der Waals surface area contributed by atoms with Gasteiger partial charge in [-0.3, -0.25) is 9.69 Å². The van der Waals surface area contributed by atoms with Gasteiger partial charge in [-0.25, -0.2) is 8.78 Å². The molecular weight excluding hydrogens is 308 g/mol. The first-order chi connectivity index (χ1) is 9.40. The van der Waals surface area contributed by atoms with E-state index in [-0.39, 0.29) is 14.8 Å². The van der Waals surface area contributed by atoms with Gasteiger partial charge in [0.1, 0.15) is 16.0 Å². The predicted molar refractivity (Wildman–Crippen MR) is 71.2 cm³/mol. The minimum absolute atomic E-state index is 0.00203. The summed E-state index contributed by atoms with van der Waals surface area (Å²) in [5, 5.41) is 10.5. The van der Waals surface area contributed by atoms with Crippen LogP contribution < -0.4 is 5.11 Å². The standard InChI is InChI=1S/C12H7F2NO3S2/c13-7-2-1-3-8(14)6(7)4-9-11(18)15(5-10(16)17)12(19)20-9/h1-4H,5H2,(H,16,17)/p-1/b9-4+. The zero-order chi connectivity index (χ0) is 14.9. The summed E-state index contributed by atoms with van der Waals surface area (Å²) in [7, 11) is 0. The van der Waals surface area contributed by atoms with Crippen molar-refractivity contribution in [1.82, 2.24) is 4.90 Å². The van der Waals surface area contributed by atoms with E-state index in [1.807, 2.05) is 0 Å². The van der Waals surface area contributed by atoms with E-state index in [0.717, 1.165) is 34.9 Å². The van der Waals surface area contributed by atoms with Crippen molar-refractivity contribution in [3.05, 3.63) is 40.3 Å². The molecule has 0 aliphatic carbocycles. The SMILES string of the molecule is O=C([O-])CN1C(=O)/C(=C\c2c(F)cccc2F)SC1=S. The zero-order valence-corrected chi connectivity index (χ0v) is 11.4. The number of aliphatic carboxylic acids is 1. The molecule has 104 valence electrons. The van der Waals surface area contributed by atoms with Gasteiger partial charge in [-0.1, -0.05) is 30.0 Å². The van der Waals surface area contributed by atoms with E-state index in [2.05, 4.69) is 0 Å². The van der Waals surface area contributed by atoms with Crippen LogP contribution in [-0.2, 0) is 9.59 Å². The zero-order valence-electron chi connectivity index (χ0n) is 9.76. The van der Waals surface area contributed by atoms with Crippen LogP contribution in [0.5, 0.6) is 0 Å². The largest absolute Gasteiger partial charge is 0.548 e. The van der Waals surface area contributed by atoms with Gasteiger partial charge in [-0.05, 0) is 18.2 Å². The Labute approximate surface area is 122 Å². The summed E-state index contributed by atoms with van der Waals surface area (Å²) in [6, 6.07) is 3.30.